The molecule has 1 aromatic rings. The van der Waals surface area contributed by atoms with Gasteiger partial charge in [0.1, 0.15) is 11.5 Å². The molecule has 0 aliphatic rings. The molecule has 4 heteroatoms. The summed E-state index contributed by atoms with van der Waals surface area (Å²) in [5.41, 5.74) is 6.71. The maximum absolute atomic E-state index is 8.51. The van der Waals surface area contributed by atoms with Gasteiger partial charge in [-0.3, -0.25) is 0 Å². The van der Waals surface area contributed by atoms with Crippen LogP contribution in [0.15, 0.2) is 24.3 Å². The summed E-state index contributed by atoms with van der Waals surface area (Å²) in [6.45, 7) is 0. The van der Waals surface area contributed by atoms with Crippen molar-refractivity contribution in [3.63, 3.8) is 0 Å². The molecule has 0 saturated heterocycles. The van der Waals surface area contributed by atoms with Gasteiger partial charge in [0.25, 0.3) is 0 Å². The minimum atomic E-state index is 0.355. The summed E-state index contributed by atoms with van der Waals surface area (Å²) in [6, 6.07) is 7.10. The monoisotopic (exact) mass is 204 g/mol. The van der Waals surface area contributed by atoms with Crippen LogP contribution in [0.4, 0.5) is 0 Å². The van der Waals surface area contributed by atoms with E-state index in [2.05, 4.69) is 0 Å². The Bertz CT molecular complexity index is 419. The van der Waals surface area contributed by atoms with Crippen LogP contribution in [0.3, 0.4) is 0 Å². The molecule has 0 amide bonds. The Kier molecular flexibility index (Phi) is 3.58. The topological polar surface area (TPSA) is 68.3 Å². The Hall–Kier alpha value is -2.15. The van der Waals surface area contributed by atoms with Crippen LogP contribution in [0.25, 0.3) is 5.70 Å². The molecule has 1 aromatic carbocycles. The summed E-state index contributed by atoms with van der Waals surface area (Å²) >= 11 is 0. The SMILES string of the molecule is COc1ccc(OC)c(/C(N)=C/C#N)c1. The zero-order valence-corrected chi connectivity index (χ0v) is 8.65. The predicted molar refractivity (Wildman–Crippen MR) is 57.3 cm³/mol. The molecule has 2 N–H and O–H groups in total. The summed E-state index contributed by atoms with van der Waals surface area (Å²) < 4.78 is 10.2. The number of benzene rings is 1. The number of hydrogen-bond acceptors (Lipinski definition) is 4. The average Bonchev–Trinajstić information content (AvgIpc) is 2.28. The van der Waals surface area contributed by atoms with Gasteiger partial charge >= 0.3 is 0 Å². The lowest BCUT2D eigenvalue weighted by atomic mass is 10.1. The number of rotatable bonds is 3. The van der Waals surface area contributed by atoms with E-state index in [1.54, 1.807) is 32.4 Å². The van der Waals surface area contributed by atoms with Crippen LogP contribution < -0.4 is 15.2 Å². The van der Waals surface area contributed by atoms with Gasteiger partial charge in [0.15, 0.2) is 0 Å². The van der Waals surface area contributed by atoms with Gasteiger partial charge in [-0.25, -0.2) is 0 Å². The largest absolute Gasteiger partial charge is 0.497 e. The van der Waals surface area contributed by atoms with E-state index in [0.29, 0.717) is 22.8 Å². The number of methoxy groups -OCH3 is 2. The van der Waals surface area contributed by atoms with Gasteiger partial charge in [-0.2, -0.15) is 5.26 Å². The third kappa shape index (κ3) is 2.41. The highest BCUT2D eigenvalue weighted by Gasteiger charge is 2.07. The van der Waals surface area contributed by atoms with Gasteiger partial charge in [-0.15, -0.1) is 0 Å². The van der Waals surface area contributed by atoms with Crippen LogP contribution in [0.1, 0.15) is 5.56 Å². The first kappa shape index (κ1) is 10.9. The quantitative estimate of drug-likeness (QED) is 0.758. The van der Waals surface area contributed by atoms with E-state index in [1.165, 1.54) is 6.08 Å². The third-order valence-corrected chi connectivity index (χ3v) is 1.94. The van der Waals surface area contributed by atoms with Crippen molar-refractivity contribution >= 4 is 5.70 Å². The van der Waals surface area contributed by atoms with E-state index in [1.807, 2.05) is 6.07 Å². The molecule has 0 saturated carbocycles. The number of nitriles is 1. The summed E-state index contributed by atoms with van der Waals surface area (Å²) in [7, 11) is 3.11. The van der Waals surface area contributed by atoms with E-state index >= 15 is 0 Å². The van der Waals surface area contributed by atoms with Crippen LogP contribution in [-0.4, -0.2) is 14.2 Å². The van der Waals surface area contributed by atoms with E-state index < -0.39 is 0 Å². The van der Waals surface area contributed by atoms with Crippen molar-refractivity contribution in [1.29, 1.82) is 5.26 Å². The van der Waals surface area contributed by atoms with Crippen molar-refractivity contribution < 1.29 is 9.47 Å². The highest BCUT2D eigenvalue weighted by Crippen LogP contribution is 2.27. The van der Waals surface area contributed by atoms with Crippen LogP contribution in [-0.2, 0) is 0 Å². The molecule has 0 radical (unpaired) electrons. The van der Waals surface area contributed by atoms with Crippen molar-refractivity contribution in [3.8, 4) is 17.6 Å². The molecule has 1 rings (SSSR count). The van der Waals surface area contributed by atoms with Crippen molar-refractivity contribution in [3.05, 3.63) is 29.8 Å². The molecule has 0 spiro atoms. The fourth-order valence-corrected chi connectivity index (χ4v) is 1.19. The molecule has 0 aromatic heterocycles. The number of hydrogen-bond donors (Lipinski definition) is 1. The van der Waals surface area contributed by atoms with Crippen LogP contribution in [0.2, 0.25) is 0 Å². The number of ether oxygens (including phenoxy) is 2. The first-order valence-electron chi connectivity index (χ1n) is 4.30. The van der Waals surface area contributed by atoms with Crippen molar-refractivity contribution in [2.45, 2.75) is 0 Å². The second-order valence-corrected chi connectivity index (χ2v) is 2.79. The zero-order valence-electron chi connectivity index (χ0n) is 8.65. The first-order valence-corrected chi connectivity index (χ1v) is 4.30. The Morgan fingerprint density at radius 1 is 1.40 bits per heavy atom. The number of nitrogens with two attached hydrogens (primary N) is 1. The van der Waals surface area contributed by atoms with E-state index in [4.69, 9.17) is 20.5 Å². The normalized spacial score (nSPS) is 10.6. The van der Waals surface area contributed by atoms with E-state index in [0.717, 1.165) is 0 Å². The van der Waals surface area contributed by atoms with Crippen LogP contribution in [0.5, 0.6) is 11.5 Å². The molecule has 78 valence electrons. The van der Waals surface area contributed by atoms with Crippen molar-refractivity contribution in [2.75, 3.05) is 14.2 Å². The molecule has 0 aliphatic heterocycles. The Morgan fingerprint density at radius 3 is 2.67 bits per heavy atom. The molecule has 0 atom stereocenters. The Balaban J connectivity index is 3.24. The molecule has 4 nitrogen and oxygen atoms in total. The zero-order chi connectivity index (χ0) is 11.3. The van der Waals surface area contributed by atoms with Gasteiger partial charge < -0.3 is 15.2 Å². The molecule has 15 heavy (non-hydrogen) atoms. The third-order valence-electron chi connectivity index (χ3n) is 1.94. The fourth-order valence-electron chi connectivity index (χ4n) is 1.19. The molecular formula is C11H12N2O2. The lowest BCUT2D eigenvalue weighted by molar-refractivity contribution is 0.402. The predicted octanol–water partition coefficient (Wildman–Crippen LogP) is 1.53. The van der Waals surface area contributed by atoms with Gasteiger partial charge in [0.2, 0.25) is 0 Å². The minimum absolute atomic E-state index is 0.355. The molecular weight excluding hydrogens is 192 g/mol. The average molecular weight is 204 g/mol. The Morgan fingerprint density at radius 2 is 2.13 bits per heavy atom. The lowest BCUT2D eigenvalue weighted by Gasteiger charge is -2.09. The van der Waals surface area contributed by atoms with Gasteiger partial charge in [0, 0.05) is 11.6 Å². The second-order valence-electron chi connectivity index (χ2n) is 2.79. The van der Waals surface area contributed by atoms with E-state index in [-0.39, 0.29) is 0 Å². The summed E-state index contributed by atoms with van der Waals surface area (Å²) in [6.07, 6.45) is 1.26. The maximum atomic E-state index is 8.51. The second kappa shape index (κ2) is 4.91. The molecule has 0 bridgehead atoms. The lowest BCUT2D eigenvalue weighted by Crippen LogP contribution is -2.00. The van der Waals surface area contributed by atoms with Crippen molar-refractivity contribution in [2.24, 2.45) is 5.73 Å². The standard InChI is InChI=1S/C11H12N2O2/c1-14-8-3-4-11(15-2)9(7-8)10(13)5-6-12/h3-5,7H,13H2,1-2H3/b10-5-. The number of nitrogens with zero attached hydrogens (tertiary/aromatic N) is 1. The fraction of sp³-hybridized carbons (Fsp3) is 0.182. The van der Waals surface area contributed by atoms with Gasteiger partial charge in [0.05, 0.1) is 26.0 Å². The molecule has 0 fully saturated rings. The van der Waals surface area contributed by atoms with Gasteiger partial charge in [-0.1, -0.05) is 0 Å². The molecule has 0 aliphatic carbocycles. The highest BCUT2D eigenvalue weighted by atomic mass is 16.5. The van der Waals surface area contributed by atoms with Crippen molar-refractivity contribution in [1.82, 2.24) is 0 Å². The van der Waals surface area contributed by atoms with Gasteiger partial charge in [-0.05, 0) is 18.2 Å². The van der Waals surface area contributed by atoms with Crippen LogP contribution >= 0.6 is 0 Å². The number of allylic oxidation sites excluding steroid dienone is 1. The maximum Gasteiger partial charge on any atom is 0.128 e. The van der Waals surface area contributed by atoms with E-state index in [9.17, 15) is 0 Å². The minimum Gasteiger partial charge on any atom is -0.497 e. The molecule has 0 heterocycles. The summed E-state index contributed by atoms with van der Waals surface area (Å²) in [4.78, 5) is 0. The first-order chi connectivity index (χ1) is 7.22. The Labute approximate surface area is 88.5 Å². The smallest absolute Gasteiger partial charge is 0.128 e. The summed E-state index contributed by atoms with van der Waals surface area (Å²) in [5, 5.41) is 8.51. The summed E-state index contributed by atoms with van der Waals surface area (Å²) in [5.74, 6) is 1.28. The van der Waals surface area contributed by atoms with Crippen LogP contribution in [0, 0.1) is 11.3 Å². The molecule has 0 unspecified atom stereocenters. The highest BCUT2D eigenvalue weighted by molar-refractivity contribution is 5.71.